The van der Waals surface area contributed by atoms with Crippen LogP contribution in [0.4, 0.5) is 5.69 Å². The number of hydrogen-bond acceptors (Lipinski definition) is 0. The Morgan fingerprint density at radius 3 is 2.13 bits per heavy atom. The van der Waals surface area contributed by atoms with Gasteiger partial charge in [0.2, 0.25) is 0 Å². The Balaban J connectivity index is 2.23. The van der Waals surface area contributed by atoms with Gasteiger partial charge in [0.1, 0.15) is 0 Å². The molecule has 1 N–H and O–H groups in total. The van der Waals surface area contributed by atoms with E-state index in [1.165, 1.54) is 0 Å². The molecule has 0 aliphatic carbocycles. The Morgan fingerprint density at radius 1 is 0.733 bits per heavy atom. The predicted octanol–water partition coefficient (Wildman–Crippen LogP) is 3.77. The number of benzene rings is 2. The molecule has 0 saturated heterocycles. The lowest BCUT2D eigenvalue weighted by atomic mass is 10.1. The van der Waals surface area contributed by atoms with Crippen molar-refractivity contribution in [1.82, 2.24) is 5.73 Å². The van der Waals surface area contributed by atoms with Crippen molar-refractivity contribution < 1.29 is 0 Å². The van der Waals surface area contributed by atoms with Crippen molar-refractivity contribution in [3.8, 4) is 0 Å². The Hall–Kier alpha value is -2.02. The summed E-state index contributed by atoms with van der Waals surface area (Å²) in [6.45, 7) is 0. The van der Waals surface area contributed by atoms with E-state index in [0.717, 1.165) is 11.1 Å². The monoisotopic (exact) mass is 194 g/mol. The summed E-state index contributed by atoms with van der Waals surface area (Å²) in [6.07, 6.45) is 3.99. The molecule has 1 radical (unpaired) electrons. The molecular formula is C14H12N. The minimum atomic E-state index is 0.560. The Labute approximate surface area is 89.9 Å². The van der Waals surface area contributed by atoms with Crippen LogP contribution in [0, 0.1) is 0 Å². The van der Waals surface area contributed by atoms with Crippen LogP contribution in [0.15, 0.2) is 54.6 Å². The molecule has 0 aromatic heterocycles. The van der Waals surface area contributed by atoms with Gasteiger partial charge in [-0.15, -0.1) is 0 Å². The van der Waals surface area contributed by atoms with Crippen molar-refractivity contribution >= 4 is 17.8 Å². The molecule has 1 nitrogen and oxygen atoms in total. The second kappa shape index (κ2) is 4.47. The summed E-state index contributed by atoms with van der Waals surface area (Å²) in [7, 11) is 0. The molecule has 15 heavy (non-hydrogen) atoms. The second-order valence-corrected chi connectivity index (χ2v) is 3.33. The van der Waals surface area contributed by atoms with Crippen LogP contribution in [0.2, 0.25) is 0 Å². The van der Waals surface area contributed by atoms with E-state index in [2.05, 4.69) is 0 Å². The van der Waals surface area contributed by atoms with Gasteiger partial charge in [-0.25, -0.2) is 0 Å². The van der Waals surface area contributed by atoms with Gasteiger partial charge >= 0.3 is 0 Å². The van der Waals surface area contributed by atoms with Crippen molar-refractivity contribution in [1.29, 1.82) is 0 Å². The molecule has 0 unspecified atom stereocenters. The first kappa shape index (κ1) is 9.53. The Kier molecular flexibility index (Phi) is 2.84. The third-order valence-electron chi connectivity index (χ3n) is 2.22. The minimum Gasteiger partial charge on any atom is -0.300 e. The predicted molar refractivity (Wildman–Crippen MR) is 64.6 cm³/mol. The van der Waals surface area contributed by atoms with E-state index in [1.54, 1.807) is 6.07 Å². The molecule has 2 rings (SSSR count). The van der Waals surface area contributed by atoms with E-state index in [-0.39, 0.29) is 0 Å². The molecule has 0 heterocycles. The summed E-state index contributed by atoms with van der Waals surface area (Å²) in [5, 5.41) is 0. The van der Waals surface area contributed by atoms with E-state index in [4.69, 9.17) is 5.73 Å². The highest BCUT2D eigenvalue weighted by Crippen LogP contribution is 2.15. The molecule has 0 atom stereocenters. The van der Waals surface area contributed by atoms with Crippen LogP contribution in [-0.4, -0.2) is 0 Å². The summed E-state index contributed by atoms with van der Waals surface area (Å²) in [5.74, 6) is 0. The molecule has 73 valence electrons. The zero-order chi connectivity index (χ0) is 10.5. The third-order valence-corrected chi connectivity index (χ3v) is 2.22. The van der Waals surface area contributed by atoms with E-state index in [1.807, 2.05) is 60.7 Å². The molecule has 0 aliphatic heterocycles. The molecular weight excluding hydrogens is 182 g/mol. The quantitative estimate of drug-likeness (QED) is 0.650. The van der Waals surface area contributed by atoms with Crippen molar-refractivity contribution in [2.24, 2.45) is 0 Å². The van der Waals surface area contributed by atoms with Gasteiger partial charge < -0.3 is 5.73 Å². The number of rotatable bonds is 2. The standard InChI is InChI=1S/C14H12N/c15-14-9-5-4-8-13(14)11-10-12-6-2-1-3-7-12/h1-11,15H/b11-10+. The minimum absolute atomic E-state index is 0.560. The lowest BCUT2D eigenvalue weighted by Gasteiger charge is -1.97. The largest absolute Gasteiger partial charge is 0.300 e. The maximum atomic E-state index is 7.69. The average molecular weight is 194 g/mol. The molecule has 2 aromatic carbocycles. The fourth-order valence-electron chi connectivity index (χ4n) is 1.39. The lowest BCUT2D eigenvalue weighted by molar-refractivity contribution is 1.46. The van der Waals surface area contributed by atoms with Crippen LogP contribution in [0.5, 0.6) is 0 Å². The smallest absolute Gasteiger partial charge is 0.0612 e. The Bertz CT molecular complexity index is 458. The van der Waals surface area contributed by atoms with Crippen LogP contribution >= 0.6 is 0 Å². The fraction of sp³-hybridized carbons (Fsp3) is 0. The summed E-state index contributed by atoms with van der Waals surface area (Å²) in [4.78, 5) is 0. The maximum Gasteiger partial charge on any atom is 0.0612 e. The second-order valence-electron chi connectivity index (χ2n) is 3.33. The summed E-state index contributed by atoms with van der Waals surface area (Å²) in [5.41, 5.74) is 10.3. The highest BCUT2D eigenvalue weighted by atomic mass is 14.5. The molecule has 0 amide bonds. The van der Waals surface area contributed by atoms with Gasteiger partial charge in [-0.1, -0.05) is 60.7 Å². The molecule has 0 bridgehead atoms. The van der Waals surface area contributed by atoms with Crippen LogP contribution in [0.3, 0.4) is 0 Å². The topological polar surface area (TPSA) is 23.8 Å². The van der Waals surface area contributed by atoms with Crippen molar-refractivity contribution in [3.63, 3.8) is 0 Å². The molecule has 0 saturated carbocycles. The van der Waals surface area contributed by atoms with E-state index in [0.29, 0.717) is 5.69 Å². The number of hydrogen-bond donors (Lipinski definition) is 0. The van der Waals surface area contributed by atoms with Crippen molar-refractivity contribution in [2.75, 3.05) is 0 Å². The van der Waals surface area contributed by atoms with Gasteiger partial charge in [0.15, 0.2) is 0 Å². The molecule has 0 aliphatic rings. The number of nitrogens with one attached hydrogen (secondary N) is 1. The van der Waals surface area contributed by atoms with Gasteiger partial charge in [0, 0.05) is 0 Å². The Morgan fingerprint density at radius 2 is 1.40 bits per heavy atom. The summed E-state index contributed by atoms with van der Waals surface area (Å²) in [6, 6.07) is 17.7. The molecule has 0 fully saturated rings. The zero-order valence-electron chi connectivity index (χ0n) is 8.35. The van der Waals surface area contributed by atoms with Gasteiger partial charge in [-0.05, 0) is 17.2 Å². The van der Waals surface area contributed by atoms with Gasteiger partial charge in [0.05, 0.1) is 5.69 Å². The van der Waals surface area contributed by atoms with E-state index < -0.39 is 0 Å². The van der Waals surface area contributed by atoms with Crippen LogP contribution in [-0.2, 0) is 0 Å². The van der Waals surface area contributed by atoms with Gasteiger partial charge in [-0.3, -0.25) is 0 Å². The van der Waals surface area contributed by atoms with Crippen molar-refractivity contribution in [3.05, 3.63) is 65.7 Å². The van der Waals surface area contributed by atoms with E-state index >= 15 is 0 Å². The fourth-order valence-corrected chi connectivity index (χ4v) is 1.39. The maximum absolute atomic E-state index is 7.69. The summed E-state index contributed by atoms with van der Waals surface area (Å²) < 4.78 is 0. The highest BCUT2D eigenvalue weighted by Gasteiger charge is 1.92. The zero-order valence-corrected chi connectivity index (χ0v) is 8.35. The first-order valence-corrected chi connectivity index (χ1v) is 4.90. The van der Waals surface area contributed by atoms with E-state index in [9.17, 15) is 0 Å². The lowest BCUT2D eigenvalue weighted by Crippen LogP contribution is -1.76. The third kappa shape index (κ3) is 2.47. The normalized spacial score (nSPS) is 10.7. The molecule has 0 spiro atoms. The first-order valence-electron chi connectivity index (χ1n) is 4.90. The SMILES string of the molecule is [NH]c1ccccc1/C=C/c1ccccc1. The summed E-state index contributed by atoms with van der Waals surface area (Å²) >= 11 is 0. The van der Waals surface area contributed by atoms with Crippen LogP contribution < -0.4 is 5.73 Å². The van der Waals surface area contributed by atoms with Crippen LogP contribution in [0.1, 0.15) is 11.1 Å². The van der Waals surface area contributed by atoms with Crippen molar-refractivity contribution in [2.45, 2.75) is 0 Å². The van der Waals surface area contributed by atoms with Gasteiger partial charge in [-0.2, -0.15) is 0 Å². The molecule has 2 aromatic rings. The first-order chi connectivity index (χ1) is 7.36. The highest BCUT2D eigenvalue weighted by molar-refractivity contribution is 5.74. The van der Waals surface area contributed by atoms with Gasteiger partial charge in [0.25, 0.3) is 0 Å². The van der Waals surface area contributed by atoms with Crippen LogP contribution in [0.25, 0.3) is 12.2 Å². The molecule has 1 heteroatoms. The average Bonchev–Trinajstić information content (AvgIpc) is 2.29.